The fourth-order valence-electron chi connectivity index (χ4n) is 8.24. The van der Waals surface area contributed by atoms with Gasteiger partial charge in [-0.1, -0.05) is 6.07 Å². The molecule has 356 valence electrons. The van der Waals surface area contributed by atoms with E-state index in [-0.39, 0.29) is 31.6 Å². The molecule has 66 heavy (non-hydrogen) atoms. The maximum absolute atomic E-state index is 14.6. The molecule has 4 aliphatic heterocycles. The zero-order chi connectivity index (χ0) is 48.4. The van der Waals surface area contributed by atoms with Gasteiger partial charge in [-0.25, -0.2) is 0 Å². The van der Waals surface area contributed by atoms with E-state index in [1.54, 1.807) is 18.2 Å². The molecule has 0 saturated carbocycles. The van der Waals surface area contributed by atoms with Gasteiger partial charge in [-0.3, -0.25) is 52.8 Å². The Morgan fingerprint density at radius 3 is 2.23 bits per heavy atom. The number of hydrogen-bond donors (Lipinski definition) is 10. The van der Waals surface area contributed by atoms with Crippen LogP contribution >= 0.6 is 11.8 Å². The Morgan fingerprint density at radius 1 is 0.879 bits per heavy atom. The first-order chi connectivity index (χ1) is 31.0. The third-order valence-corrected chi connectivity index (χ3v) is 13.1. The second-order valence-corrected chi connectivity index (χ2v) is 18.6. The number of imide groups is 1. The summed E-state index contributed by atoms with van der Waals surface area (Å²) in [5.41, 5.74) is -0.670. The first kappa shape index (κ1) is 49.4. The number of benzene rings is 1. The summed E-state index contributed by atoms with van der Waals surface area (Å²) in [4.78, 5) is 141. The molecule has 1 unspecified atom stereocenters. The van der Waals surface area contributed by atoms with Crippen LogP contribution in [0.5, 0.6) is 0 Å². The fourth-order valence-corrected chi connectivity index (χ4v) is 9.35. The van der Waals surface area contributed by atoms with Gasteiger partial charge in [-0.15, -0.1) is 11.8 Å². The lowest BCUT2D eigenvalue weighted by atomic mass is 9.89. The summed E-state index contributed by atoms with van der Waals surface area (Å²) in [5, 5.41) is 55.7. The van der Waals surface area contributed by atoms with Crippen LogP contribution in [0, 0.1) is 5.92 Å². The van der Waals surface area contributed by atoms with Crippen LogP contribution in [0.2, 0.25) is 0 Å². The molecule has 2 aromatic rings. The summed E-state index contributed by atoms with van der Waals surface area (Å²) in [7, 11) is 0. The molecule has 0 aliphatic carbocycles. The molecule has 10 N–H and O–H groups in total. The zero-order valence-corrected chi connectivity index (χ0v) is 37.4. The predicted octanol–water partition coefficient (Wildman–Crippen LogP) is -3.62. The summed E-state index contributed by atoms with van der Waals surface area (Å²) in [6.45, 7) is 3.35. The number of amides is 8. The summed E-state index contributed by atoms with van der Waals surface area (Å²) in [5.74, 6) is -9.53. The van der Waals surface area contributed by atoms with Crippen molar-refractivity contribution in [1.82, 2.24) is 41.4 Å². The van der Waals surface area contributed by atoms with Gasteiger partial charge in [0.15, 0.2) is 11.6 Å². The van der Waals surface area contributed by atoms with Crippen molar-refractivity contribution >= 4 is 81.5 Å². The van der Waals surface area contributed by atoms with Crippen LogP contribution in [0.25, 0.3) is 10.9 Å². The van der Waals surface area contributed by atoms with Crippen molar-refractivity contribution in [1.29, 1.82) is 0 Å². The van der Waals surface area contributed by atoms with Gasteiger partial charge in [0.1, 0.15) is 30.2 Å². The van der Waals surface area contributed by atoms with Gasteiger partial charge >= 0.3 is 0 Å². The molecule has 10 atom stereocenters. The number of aromatic nitrogens is 1. The fraction of sp³-hybridized carbons (Fsp3) is 0.535. The van der Waals surface area contributed by atoms with Crippen LogP contribution in [-0.4, -0.2) is 174 Å². The summed E-state index contributed by atoms with van der Waals surface area (Å²) >= 11 is 0.998. The van der Waals surface area contributed by atoms with E-state index in [2.05, 4.69) is 31.6 Å². The van der Waals surface area contributed by atoms with E-state index in [1.807, 2.05) is 0 Å². The quantitative estimate of drug-likeness (QED) is 0.114. The molecule has 1 fully saturated rings. The number of fused-ring (bicyclic) bond motifs is 5. The predicted molar refractivity (Wildman–Crippen MR) is 232 cm³/mol. The van der Waals surface area contributed by atoms with Crippen LogP contribution < -0.4 is 26.6 Å². The molecule has 8 amide bonds. The highest BCUT2D eigenvalue weighted by Gasteiger charge is 2.44. The van der Waals surface area contributed by atoms with E-state index in [1.165, 1.54) is 27.7 Å². The number of H-pyrrole nitrogens is 1. The van der Waals surface area contributed by atoms with Crippen LogP contribution in [0.4, 0.5) is 0 Å². The number of nitrogens with one attached hydrogen (secondary N) is 6. The summed E-state index contributed by atoms with van der Waals surface area (Å²) in [6.07, 6.45) is -2.48. The Kier molecular flexibility index (Phi) is 15.2. The standard InChI is InChI=1S/C43H54N8O14S/c1-19-32(56)12-23-11-27-26-10-22(9-24(54)16-51-33(57)7-8-34(51)58)5-6-28(26)48-41(27)66-17-30(42(64)50-15-25(55)13-31(50)39(62)44-19)47-40(63)35(21(3)53)49-36(59)20(2)45-38(61)29(46-37(23)60)14-43(4,65)18-52/h5-8,10,19-21,23,25,29-31,35,48,52-53,55,65H,9,11-18H2,1-4H3,(H,44,62)(H,45,61)(H,46,60)(H,47,63)(H,49,59)/t19-,20-,21?,23+,25+,29-,30+,31-,35+,43+/m0/s1. The first-order valence-corrected chi connectivity index (χ1v) is 22.4. The number of Topliss-reactive ketones (excluding diaryl/α,β-unsaturated/α-hetero) is 2. The number of aliphatic hydroxyl groups excluding tert-OH is 3. The van der Waals surface area contributed by atoms with Crippen LogP contribution in [0.3, 0.4) is 0 Å². The smallest absolute Gasteiger partial charge is 0.254 e. The van der Waals surface area contributed by atoms with Crippen molar-refractivity contribution < 1.29 is 68.4 Å². The lowest BCUT2D eigenvalue weighted by Gasteiger charge is -2.31. The van der Waals surface area contributed by atoms with Gasteiger partial charge in [-0.2, -0.15) is 0 Å². The normalized spacial score (nSPS) is 28.8. The van der Waals surface area contributed by atoms with E-state index in [0.717, 1.165) is 33.7 Å². The third-order valence-electron chi connectivity index (χ3n) is 12.0. The van der Waals surface area contributed by atoms with Crippen molar-refractivity contribution in [2.45, 2.75) is 119 Å². The molecule has 0 radical (unpaired) electrons. The summed E-state index contributed by atoms with van der Waals surface area (Å²) < 4.78 is 0. The zero-order valence-electron chi connectivity index (χ0n) is 36.6. The van der Waals surface area contributed by atoms with Gasteiger partial charge in [0, 0.05) is 67.0 Å². The minimum absolute atomic E-state index is 0.222. The topological polar surface area (TPSA) is 334 Å². The highest BCUT2D eigenvalue weighted by atomic mass is 32.2. The lowest BCUT2D eigenvalue weighted by molar-refractivity contribution is -0.142. The van der Waals surface area contributed by atoms with E-state index < -0.39 is 145 Å². The van der Waals surface area contributed by atoms with E-state index in [9.17, 15) is 68.4 Å². The third kappa shape index (κ3) is 11.3. The number of aromatic amines is 1. The number of rotatable bonds is 8. The number of thioether (sulfide) groups is 1. The molecule has 1 saturated heterocycles. The van der Waals surface area contributed by atoms with E-state index in [4.69, 9.17) is 0 Å². The number of nitrogens with zero attached hydrogens (tertiary/aromatic N) is 2. The minimum atomic E-state index is -1.96. The highest BCUT2D eigenvalue weighted by molar-refractivity contribution is 7.99. The molecule has 2 bridgehead atoms. The molecular formula is C43H54N8O14S. The molecule has 5 heterocycles. The molecule has 1 aromatic carbocycles. The van der Waals surface area contributed by atoms with Crippen molar-refractivity contribution in [3.05, 3.63) is 41.5 Å². The average Bonchev–Trinajstić information content (AvgIpc) is 3.92. The van der Waals surface area contributed by atoms with Gasteiger partial charge in [-0.05, 0) is 57.4 Å². The lowest BCUT2D eigenvalue weighted by Crippen LogP contribution is -2.61. The maximum Gasteiger partial charge on any atom is 0.254 e. The number of carbonyl (C=O) groups is 10. The molecule has 1 aromatic heterocycles. The monoisotopic (exact) mass is 938 g/mol. The van der Waals surface area contributed by atoms with Crippen LogP contribution in [0.1, 0.15) is 58.1 Å². The van der Waals surface area contributed by atoms with Crippen LogP contribution in [0.15, 0.2) is 35.4 Å². The Morgan fingerprint density at radius 2 is 1.56 bits per heavy atom. The Bertz CT molecular complexity index is 2350. The second-order valence-electron chi connectivity index (χ2n) is 17.6. The summed E-state index contributed by atoms with van der Waals surface area (Å²) in [6, 6.07) is -3.96. The van der Waals surface area contributed by atoms with Crippen LogP contribution in [-0.2, 0) is 60.8 Å². The molecular weight excluding hydrogens is 885 g/mol. The second kappa shape index (κ2) is 20.2. The van der Waals surface area contributed by atoms with Gasteiger partial charge in [0.2, 0.25) is 35.4 Å². The first-order valence-electron chi connectivity index (χ1n) is 21.4. The van der Waals surface area contributed by atoms with Crippen molar-refractivity contribution in [3.63, 3.8) is 0 Å². The molecule has 0 spiro atoms. The molecule has 22 nitrogen and oxygen atoms in total. The van der Waals surface area contributed by atoms with Crippen molar-refractivity contribution in [3.8, 4) is 0 Å². The highest BCUT2D eigenvalue weighted by Crippen LogP contribution is 2.35. The van der Waals surface area contributed by atoms with Crippen molar-refractivity contribution in [2.24, 2.45) is 5.92 Å². The number of carbonyl (C=O) groups excluding carboxylic acids is 10. The largest absolute Gasteiger partial charge is 0.393 e. The minimum Gasteiger partial charge on any atom is -0.393 e. The van der Waals surface area contributed by atoms with E-state index in [0.29, 0.717) is 27.1 Å². The van der Waals surface area contributed by atoms with Gasteiger partial charge < -0.3 is 56.9 Å². The van der Waals surface area contributed by atoms with Crippen molar-refractivity contribution in [2.75, 3.05) is 25.4 Å². The molecule has 4 aliphatic rings. The number of aliphatic hydroxyl groups is 4. The average molecular weight is 939 g/mol. The Hall–Kier alpha value is -6.01. The molecule has 23 heteroatoms. The SMILES string of the molecule is CC(O)[C@H]1NC(=O)[C@H](C)NC(=O)[C@H](C[C@@](C)(O)CO)NC(=O)[C@H]2CC(=O)[C@H](C)NC(=O)[C@@H]3C[C@@H](O)CN3C(=O)[C@@H](CSc3[nH]c4ccc(CC(=O)CN5C(=O)C=CC5=O)cc4c3C2)NC1=O. The Balaban J connectivity index is 1.51. The Labute approximate surface area is 382 Å². The number of ketones is 2. The molecule has 6 rings (SSSR count). The number of hydrogen-bond acceptors (Lipinski definition) is 15. The van der Waals surface area contributed by atoms with Gasteiger partial charge in [0.25, 0.3) is 11.8 Å². The maximum atomic E-state index is 14.6. The van der Waals surface area contributed by atoms with Gasteiger partial charge in [0.05, 0.1) is 42.0 Å². The van der Waals surface area contributed by atoms with E-state index >= 15 is 0 Å².